The van der Waals surface area contributed by atoms with E-state index < -0.39 is 0 Å². The van der Waals surface area contributed by atoms with Gasteiger partial charge in [-0.25, -0.2) is 9.97 Å². The number of rotatable bonds is 2. The molecule has 2 rings (SSSR count). The quantitative estimate of drug-likeness (QED) is 0.708. The van der Waals surface area contributed by atoms with Gasteiger partial charge in [0, 0.05) is 43.4 Å². The number of hydrogen-bond acceptors (Lipinski definition) is 3. The van der Waals surface area contributed by atoms with Crippen molar-refractivity contribution in [2.75, 3.05) is 13.6 Å². The molecule has 3 nitrogen and oxygen atoms in total. The molecular weight excluding hydrogens is 174 g/mol. The number of fused-ring (bicyclic) bond motifs is 1. The molecule has 0 spiro atoms. The summed E-state index contributed by atoms with van der Waals surface area (Å²) in [6.07, 6.45) is 5.20. The molecule has 0 unspecified atom stereocenters. The molecule has 76 valence electrons. The second-order valence-electron chi connectivity index (χ2n) is 4.00. The van der Waals surface area contributed by atoms with Crippen molar-refractivity contribution in [2.24, 2.45) is 0 Å². The predicted molar refractivity (Wildman–Crippen MR) is 56.1 cm³/mol. The Morgan fingerprint density at radius 2 is 2.36 bits per heavy atom. The van der Waals surface area contributed by atoms with Crippen molar-refractivity contribution in [3.05, 3.63) is 23.3 Å². The van der Waals surface area contributed by atoms with Crippen molar-refractivity contribution in [3.8, 4) is 0 Å². The van der Waals surface area contributed by atoms with Crippen LogP contribution in [-0.4, -0.2) is 28.5 Å². The van der Waals surface area contributed by atoms with E-state index in [0.29, 0.717) is 0 Å². The van der Waals surface area contributed by atoms with Gasteiger partial charge in [0.25, 0.3) is 0 Å². The lowest BCUT2D eigenvalue weighted by atomic mass is 10.1. The minimum atomic E-state index is 1.00. The van der Waals surface area contributed by atoms with Crippen LogP contribution in [0.15, 0.2) is 6.20 Å². The number of aromatic nitrogens is 2. The molecule has 1 aliphatic rings. The number of aryl methyl sites for hydroxylation is 1. The van der Waals surface area contributed by atoms with Crippen LogP contribution in [0.5, 0.6) is 0 Å². The topological polar surface area (TPSA) is 29.0 Å². The van der Waals surface area contributed by atoms with Gasteiger partial charge in [-0.3, -0.25) is 0 Å². The Balaban J connectivity index is 2.22. The van der Waals surface area contributed by atoms with E-state index in [4.69, 9.17) is 0 Å². The molecule has 2 heterocycles. The van der Waals surface area contributed by atoms with Crippen LogP contribution in [0, 0.1) is 0 Å². The van der Waals surface area contributed by atoms with Crippen LogP contribution in [-0.2, 0) is 19.4 Å². The first-order chi connectivity index (χ1) is 6.79. The highest BCUT2D eigenvalue weighted by atomic mass is 15.1. The Hall–Kier alpha value is -0.960. The molecule has 0 saturated carbocycles. The highest BCUT2D eigenvalue weighted by molar-refractivity contribution is 5.20. The van der Waals surface area contributed by atoms with Crippen LogP contribution >= 0.6 is 0 Å². The van der Waals surface area contributed by atoms with Gasteiger partial charge in [-0.2, -0.15) is 0 Å². The predicted octanol–water partition coefficient (Wildman–Crippen LogP) is 1.42. The van der Waals surface area contributed by atoms with E-state index in [0.717, 1.165) is 38.2 Å². The number of nitrogens with zero attached hydrogens (tertiary/aromatic N) is 3. The Morgan fingerprint density at radius 1 is 1.50 bits per heavy atom. The Labute approximate surface area is 85.2 Å². The van der Waals surface area contributed by atoms with Gasteiger partial charge in [0.05, 0.1) is 0 Å². The summed E-state index contributed by atoms with van der Waals surface area (Å²) in [5, 5.41) is 0. The van der Waals surface area contributed by atoms with Crippen LogP contribution in [0.4, 0.5) is 0 Å². The second kappa shape index (κ2) is 4.05. The fourth-order valence-corrected chi connectivity index (χ4v) is 1.84. The first-order valence-corrected chi connectivity index (χ1v) is 5.32. The summed E-state index contributed by atoms with van der Waals surface area (Å²) in [5.74, 6) is 1.01. The van der Waals surface area contributed by atoms with Crippen molar-refractivity contribution in [2.45, 2.75) is 32.7 Å². The van der Waals surface area contributed by atoms with Crippen LogP contribution in [0.3, 0.4) is 0 Å². The van der Waals surface area contributed by atoms with Crippen LogP contribution < -0.4 is 0 Å². The van der Waals surface area contributed by atoms with Crippen molar-refractivity contribution in [1.29, 1.82) is 0 Å². The maximum Gasteiger partial charge on any atom is 0.128 e. The largest absolute Gasteiger partial charge is 0.302 e. The number of hydrogen-bond donors (Lipinski definition) is 0. The summed E-state index contributed by atoms with van der Waals surface area (Å²) in [4.78, 5) is 11.3. The summed E-state index contributed by atoms with van der Waals surface area (Å²) in [6.45, 7) is 4.29. The van der Waals surface area contributed by atoms with E-state index in [1.807, 2.05) is 6.20 Å². The monoisotopic (exact) mass is 191 g/mol. The molecule has 0 aliphatic carbocycles. The zero-order chi connectivity index (χ0) is 9.97. The third-order valence-corrected chi connectivity index (χ3v) is 2.65. The molecule has 0 saturated heterocycles. The fourth-order valence-electron chi connectivity index (χ4n) is 1.84. The van der Waals surface area contributed by atoms with Gasteiger partial charge < -0.3 is 4.90 Å². The molecule has 1 aliphatic heterocycles. The second-order valence-corrected chi connectivity index (χ2v) is 4.00. The lowest BCUT2D eigenvalue weighted by Crippen LogP contribution is -2.27. The highest BCUT2D eigenvalue weighted by Gasteiger charge is 2.14. The SMILES string of the molecule is CCCc1ncc2c(n1)CCN(C)C2. The van der Waals surface area contributed by atoms with Crippen molar-refractivity contribution >= 4 is 0 Å². The van der Waals surface area contributed by atoms with Crippen LogP contribution in [0.25, 0.3) is 0 Å². The third-order valence-electron chi connectivity index (χ3n) is 2.65. The van der Waals surface area contributed by atoms with E-state index in [2.05, 4.69) is 28.8 Å². The summed E-state index contributed by atoms with van der Waals surface area (Å²) in [5.41, 5.74) is 2.57. The van der Waals surface area contributed by atoms with Crippen molar-refractivity contribution < 1.29 is 0 Å². The molecule has 3 heteroatoms. The lowest BCUT2D eigenvalue weighted by Gasteiger charge is -2.23. The minimum absolute atomic E-state index is 1.00. The lowest BCUT2D eigenvalue weighted by molar-refractivity contribution is 0.308. The average molecular weight is 191 g/mol. The van der Waals surface area contributed by atoms with E-state index in [1.54, 1.807) is 0 Å². The highest BCUT2D eigenvalue weighted by Crippen LogP contribution is 2.15. The first kappa shape index (κ1) is 9.59. The molecule has 0 radical (unpaired) electrons. The van der Waals surface area contributed by atoms with Crippen molar-refractivity contribution in [3.63, 3.8) is 0 Å². The van der Waals surface area contributed by atoms with E-state index in [9.17, 15) is 0 Å². The summed E-state index contributed by atoms with van der Waals surface area (Å²) < 4.78 is 0. The molecular formula is C11H17N3. The van der Waals surface area contributed by atoms with Gasteiger partial charge in [0.2, 0.25) is 0 Å². The van der Waals surface area contributed by atoms with Gasteiger partial charge in [-0.05, 0) is 13.5 Å². The van der Waals surface area contributed by atoms with Crippen molar-refractivity contribution in [1.82, 2.24) is 14.9 Å². The van der Waals surface area contributed by atoms with Crippen LogP contribution in [0.2, 0.25) is 0 Å². The first-order valence-electron chi connectivity index (χ1n) is 5.32. The summed E-state index contributed by atoms with van der Waals surface area (Å²) >= 11 is 0. The zero-order valence-electron chi connectivity index (χ0n) is 8.95. The Bertz CT molecular complexity index is 322. The molecule has 1 aromatic rings. The standard InChI is InChI=1S/C11H17N3/c1-3-4-11-12-7-9-8-14(2)6-5-10(9)13-11/h7H,3-6,8H2,1-2H3. The maximum atomic E-state index is 4.60. The van der Waals surface area contributed by atoms with E-state index >= 15 is 0 Å². The van der Waals surface area contributed by atoms with Gasteiger partial charge in [-0.15, -0.1) is 0 Å². The van der Waals surface area contributed by atoms with E-state index in [1.165, 1.54) is 11.3 Å². The Morgan fingerprint density at radius 3 is 3.14 bits per heavy atom. The molecule has 0 N–H and O–H groups in total. The van der Waals surface area contributed by atoms with E-state index in [-0.39, 0.29) is 0 Å². The molecule has 0 atom stereocenters. The summed E-state index contributed by atoms with van der Waals surface area (Å²) in [7, 11) is 2.14. The average Bonchev–Trinajstić information content (AvgIpc) is 2.19. The normalized spacial score (nSPS) is 16.7. The minimum Gasteiger partial charge on any atom is -0.302 e. The molecule has 0 aromatic carbocycles. The maximum absolute atomic E-state index is 4.60. The van der Waals surface area contributed by atoms with Gasteiger partial charge in [-0.1, -0.05) is 6.92 Å². The van der Waals surface area contributed by atoms with Crippen LogP contribution in [0.1, 0.15) is 30.4 Å². The Kier molecular flexibility index (Phi) is 2.77. The zero-order valence-corrected chi connectivity index (χ0v) is 8.95. The molecule has 0 fully saturated rings. The number of likely N-dealkylation sites (N-methyl/N-ethyl adjacent to an activating group) is 1. The molecule has 0 amide bonds. The van der Waals surface area contributed by atoms with Gasteiger partial charge >= 0.3 is 0 Å². The third kappa shape index (κ3) is 1.93. The molecule has 14 heavy (non-hydrogen) atoms. The van der Waals surface area contributed by atoms with Gasteiger partial charge in [0.15, 0.2) is 0 Å². The smallest absolute Gasteiger partial charge is 0.128 e. The summed E-state index contributed by atoms with van der Waals surface area (Å²) in [6, 6.07) is 0. The molecule has 1 aromatic heterocycles. The molecule has 0 bridgehead atoms. The fraction of sp³-hybridized carbons (Fsp3) is 0.636. The van der Waals surface area contributed by atoms with Gasteiger partial charge in [0.1, 0.15) is 5.82 Å².